The molecule has 37 heavy (non-hydrogen) atoms. The van der Waals surface area contributed by atoms with Gasteiger partial charge in [0.25, 0.3) is 0 Å². The summed E-state index contributed by atoms with van der Waals surface area (Å²) in [5.41, 5.74) is 13.4. The Hall–Kier alpha value is -3.29. The van der Waals surface area contributed by atoms with Crippen molar-refractivity contribution in [3.05, 3.63) is 93.1 Å². The predicted molar refractivity (Wildman–Crippen MR) is 143 cm³/mol. The number of fused-ring (bicyclic) bond motifs is 1. The lowest BCUT2D eigenvalue weighted by Crippen LogP contribution is -2.47. The summed E-state index contributed by atoms with van der Waals surface area (Å²) in [7, 11) is 0. The van der Waals surface area contributed by atoms with Crippen molar-refractivity contribution in [3.8, 4) is 16.9 Å². The molecular weight excluding hydrogens is 493 g/mol. The maximum atomic E-state index is 15.0. The normalized spacial score (nSPS) is 22.4. The van der Waals surface area contributed by atoms with Gasteiger partial charge in [-0.2, -0.15) is 4.91 Å². The van der Waals surface area contributed by atoms with E-state index in [0.29, 0.717) is 29.1 Å². The van der Waals surface area contributed by atoms with Gasteiger partial charge < -0.3 is 15.8 Å². The van der Waals surface area contributed by atoms with E-state index in [9.17, 15) is 4.79 Å². The second-order valence-electron chi connectivity index (χ2n) is 9.80. The fourth-order valence-electron chi connectivity index (χ4n) is 5.62. The Labute approximate surface area is 221 Å². The van der Waals surface area contributed by atoms with E-state index in [2.05, 4.69) is 23.0 Å². The van der Waals surface area contributed by atoms with Crippen LogP contribution in [0.3, 0.4) is 0 Å². The molecule has 1 saturated carbocycles. The average Bonchev–Trinajstić information content (AvgIpc) is 3.30. The van der Waals surface area contributed by atoms with E-state index in [0.717, 1.165) is 48.1 Å². The minimum absolute atomic E-state index is 0.0307. The number of benzene rings is 3. The molecule has 1 atom stereocenters. The van der Waals surface area contributed by atoms with Gasteiger partial charge in [0.05, 0.1) is 0 Å². The van der Waals surface area contributed by atoms with Crippen LogP contribution in [0.5, 0.6) is 5.75 Å². The smallest absolute Gasteiger partial charge is 0.220 e. The molecule has 4 N–H and O–H groups in total. The number of ether oxygens (including phenoxy) is 1. The molecule has 1 aliphatic heterocycles. The van der Waals surface area contributed by atoms with Crippen LogP contribution in [0, 0.1) is 29.2 Å². The lowest BCUT2D eigenvalue weighted by Gasteiger charge is -2.34. The summed E-state index contributed by atoms with van der Waals surface area (Å²) >= 11 is 6.69. The van der Waals surface area contributed by atoms with Gasteiger partial charge in [-0.25, -0.2) is 4.39 Å². The van der Waals surface area contributed by atoms with E-state index in [1.807, 2.05) is 37.3 Å². The highest BCUT2D eigenvalue weighted by atomic mass is 35.5. The van der Waals surface area contributed by atoms with Gasteiger partial charge in [-0.1, -0.05) is 59.7 Å². The van der Waals surface area contributed by atoms with Crippen LogP contribution in [-0.2, 0) is 16.8 Å². The van der Waals surface area contributed by atoms with Gasteiger partial charge >= 0.3 is 0 Å². The van der Waals surface area contributed by atoms with Gasteiger partial charge in [-0.15, -0.1) is 0 Å². The van der Waals surface area contributed by atoms with Gasteiger partial charge in [0.1, 0.15) is 11.6 Å². The zero-order chi connectivity index (χ0) is 26.6. The number of carbonyl (C=O) groups excluding carboxylic acids is 1. The maximum Gasteiger partial charge on any atom is 0.220 e. The van der Waals surface area contributed by atoms with Crippen LogP contribution in [0.25, 0.3) is 11.1 Å². The number of aryl methyl sites for hydroxylation is 1. The Balaban J connectivity index is 0.00000156. The summed E-state index contributed by atoms with van der Waals surface area (Å²) in [5, 5.41) is 4.23. The number of nitrogens with two attached hydrogens (primary N) is 1. The monoisotopic (exact) mass is 523 g/mol. The van der Waals surface area contributed by atoms with E-state index in [4.69, 9.17) is 27.0 Å². The fourth-order valence-corrected chi connectivity index (χ4v) is 5.89. The number of hydrogen-bond donors (Lipinski definition) is 3. The quantitative estimate of drug-likeness (QED) is 0.332. The number of nitrogens with one attached hydrogen (secondary N) is 2. The van der Waals surface area contributed by atoms with Crippen molar-refractivity contribution in [1.29, 1.82) is 5.59 Å². The standard InChI is InChI=1S/C29H30ClFN2O2.HNO/c1-18-6-5-9-24(31)26(18)27-22-16-29(20-7-3-2-4-8-20,35-25(22)15-14-23(27)30)17-33-21-12-10-19(11-13-21)28(32)34;1-2/h2-9,14-15,19,21,33H,10-13,16-17H2,1H3,(H2,32,34);1H/t19?,21?,29-;/m1./s1. The minimum atomic E-state index is -0.650. The van der Waals surface area contributed by atoms with Crippen LogP contribution in [0.2, 0.25) is 5.02 Å². The molecule has 0 saturated heterocycles. The summed E-state index contributed by atoms with van der Waals surface area (Å²) < 4.78 is 21.7. The molecule has 0 radical (unpaired) electrons. The Morgan fingerprint density at radius 1 is 1.05 bits per heavy atom. The number of rotatable bonds is 6. The summed E-state index contributed by atoms with van der Waals surface area (Å²) in [5.74, 6) is 0.209. The highest BCUT2D eigenvalue weighted by Gasteiger charge is 2.43. The molecule has 1 heterocycles. The zero-order valence-electron chi connectivity index (χ0n) is 20.7. The number of amides is 1. The molecule has 1 fully saturated rings. The molecule has 5 rings (SSSR count). The Morgan fingerprint density at radius 2 is 1.76 bits per heavy atom. The van der Waals surface area contributed by atoms with E-state index in [1.54, 1.807) is 12.1 Å². The fraction of sp³-hybridized carbons (Fsp3) is 0.345. The largest absolute Gasteiger partial charge is 0.481 e. The van der Waals surface area contributed by atoms with Crippen LogP contribution in [0.15, 0.2) is 60.7 Å². The number of nitroso groups, excluding NO2 is 1. The second-order valence-corrected chi connectivity index (χ2v) is 10.2. The second kappa shape index (κ2) is 11.4. The molecule has 8 heteroatoms. The summed E-state index contributed by atoms with van der Waals surface area (Å²) in [4.78, 5) is 19.1. The molecule has 6 nitrogen and oxygen atoms in total. The third-order valence-corrected chi connectivity index (χ3v) is 7.88. The van der Waals surface area contributed by atoms with Crippen molar-refractivity contribution in [3.63, 3.8) is 0 Å². The molecule has 0 unspecified atom stereocenters. The average molecular weight is 524 g/mol. The topological polar surface area (TPSA) is 105 Å². The molecule has 0 aromatic heterocycles. The van der Waals surface area contributed by atoms with Crippen molar-refractivity contribution in [2.75, 3.05) is 6.54 Å². The minimum Gasteiger partial charge on any atom is -0.481 e. The lowest BCUT2D eigenvalue weighted by atomic mass is 9.83. The summed E-state index contributed by atoms with van der Waals surface area (Å²) in [6, 6.07) is 19.2. The highest BCUT2D eigenvalue weighted by Crippen LogP contribution is 2.49. The first-order chi connectivity index (χ1) is 17.9. The molecule has 194 valence electrons. The Morgan fingerprint density at radius 3 is 2.41 bits per heavy atom. The number of carbonyl (C=O) groups is 1. The van der Waals surface area contributed by atoms with Crippen molar-refractivity contribution < 1.29 is 13.9 Å². The van der Waals surface area contributed by atoms with Crippen molar-refractivity contribution in [2.45, 2.75) is 50.7 Å². The van der Waals surface area contributed by atoms with Crippen LogP contribution >= 0.6 is 11.6 Å². The zero-order valence-corrected chi connectivity index (χ0v) is 21.5. The van der Waals surface area contributed by atoms with Crippen molar-refractivity contribution in [1.82, 2.24) is 5.32 Å². The Bertz CT molecular complexity index is 1240. The number of hydrogen-bond acceptors (Lipinski definition) is 5. The first-order valence-corrected chi connectivity index (χ1v) is 12.8. The highest BCUT2D eigenvalue weighted by molar-refractivity contribution is 6.33. The Kier molecular flexibility index (Phi) is 8.25. The molecule has 2 aliphatic rings. The molecule has 3 aromatic carbocycles. The van der Waals surface area contributed by atoms with E-state index in [-0.39, 0.29) is 23.7 Å². The summed E-state index contributed by atoms with van der Waals surface area (Å²) in [6.45, 7) is 2.49. The van der Waals surface area contributed by atoms with Gasteiger partial charge in [0.2, 0.25) is 5.91 Å². The van der Waals surface area contributed by atoms with Crippen LogP contribution in [0.4, 0.5) is 4.39 Å². The van der Waals surface area contributed by atoms with Crippen molar-refractivity contribution in [2.24, 2.45) is 11.7 Å². The first-order valence-electron chi connectivity index (χ1n) is 12.4. The number of halogens is 2. The van der Waals surface area contributed by atoms with Gasteiger partial charge in [-0.3, -0.25) is 4.79 Å². The van der Waals surface area contributed by atoms with Gasteiger partial charge in [0, 0.05) is 46.6 Å². The predicted octanol–water partition coefficient (Wildman–Crippen LogP) is 6.25. The van der Waals surface area contributed by atoms with E-state index < -0.39 is 5.60 Å². The van der Waals surface area contributed by atoms with Gasteiger partial charge in [-0.05, 0) is 61.9 Å². The van der Waals surface area contributed by atoms with E-state index in [1.165, 1.54) is 6.07 Å². The number of primary amides is 1. The van der Waals surface area contributed by atoms with Crippen molar-refractivity contribution >= 4 is 17.5 Å². The summed E-state index contributed by atoms with van der Waals surface area (Å²) in [6.07, 6.45) is 3.98. The van der Waals surface area contributed by atoms with Crippen LogP contribution < -0.4 is 15.8 Å². The SMILES string of the molecule is Cc1cccc(F)c1-c1c(Cl)ccc2c1C[C@@](CNC1CCC(C(N)=O)CC1)(c1ccccc1)O2.N=O. The maximum absolute atomic E-state index is 15.0. The third-order valence-electron chi connectivity index (χ3n) is 7.56. The molecule has 3 aromatic rings. The molecule has 1 amide bonds. The van der Waals surface area contributed by atoms with Crippen LogP contribution in [-0.4, -0.2) is 18.5 Å². The molecule has 0 bridgehead atoms. The third kappa shape index (κ3) is 5.38. The first kappa shape index (κ1) is 26.8. The molecule has 0 spiro atoms. The van der Waals surface area contributed by atoms with E-state index >= 15 is 4.39 Å². The van der Waals surface area contributed by atoms with Gasteiger partial charge in [0.15, 0.2) is 5.60 Å². The molecule has 1 aliphatic carbocycles. The van der Waals surface area contributed by atoms with Crippen LogP contribution in [0.1, 0.15) is 42.4 Å². The lowest BCUT2D eigenvalue weighted by molar-refractivity contribution is -0.122. The molecular formula is C29H31ClFN3O3.